The number of halogens is 4. The van der Waals surface area contributed by atoms with E-state index in [0.717, 1.165) is 36.2 Å². The number of nitrogens with one attached hydrogen (secondary N) is 1. The van der Waals surface area contributed by atoms with Gasteiger partial charge in [0, 0.05) is 23.1 Å². The topological polar surface area (TPSA) is 66.7 Å². The zero-order valence-corrected chi connectivity index (χ0v) is 17.4. The molecule has 170 valence electrons. The quantitative estimate of drug-likeness (QED) is 0.361. The van der Waals surface area contributed by atoms with Crippen LogP contribution in [0.3, 0.4) is 0 Å². The monoisotopic (exact) mass is 456 g/mol. The Hall–Kier alpha value is -3.62. The highest BCUT2D eigenvalue weighted by Gasteiger charge is 2.31. The molecule has 0 saturated heterocycles. The SMILES string of the molecule is Oc1c(CCc2ccc(F)cc2)c(-c2ccc(C(F)(F)F)cc2)nn1-c1cc(C2CC2)n[nH]1. The number of aromatic nitrogens is 4. The average Bonchev–Trinajstić information content (AvgIpc) is 3.44. The molecule has 0 spiro atoms. The standard InChI is InChI=1S/C24H20F4N4O/c25-18-10-1-14(2-11-18)3-12-19-22(16-6-8-17(9-7-16)24(26,27)28)31-32(23(19)33)21-13-20(29-30-21)15-4-5-15/h1-2,6-11,13,15,33H,3-5,12H2,(H,29,30). The number of benzene rings is 2. The highest BCUT2D eigenvalue weighted by atomic mass is 19.4. The molecule has 5 nitrogen and oxygen atoms in total. The van der Waals surface area contributed by atoms with Crippen molar-refractivity contribution in [2.45, 2.75) is 37.8 Å². The molecule has 2 aromatic heterocycles. The summed E-state index contributed by atoms with van der Waals surface area (Å²) in [6.45, 7) is 0. The predicted octanol–water partition coefficient (Wildman–Crippen LogP) is 5.79. The Labute approximate surface area is 186 Å². The second-order valence-electron chi connectivity index (χ2n) is 8.22. The van der Waals surface area contributed by atoms with Gasteiger partial charge in [-0.05, 0) is 55.5 Å². The molecule has 0 atom stereocenters. The van der Waals surface area contributed by atoms with Crippen molar-refractivity contribution in [1.82, 2.24) is 20.0 Å². The van der Waals surface area contributed by atoms with Gasteiger partial charge in [-0.25, -0.2) is 4.39 Å². The molecule has 33 heavy (non-hydrogen) atoms. The van der Waals surface area contributed by atoms with Gasteiger partial charge in [-0.2, -0.15) is 28.1 Å². The number of aromatic amines is 1. The van der Waals surface area contributed by atoms with Crippen LogP contribution in [0.25, 0.3) is 17.1 Å². The lowest BCUT2D eigenvalue weighted by Gasteiger charge is -2.08. The molecule has 1 aliphatic carbocycles. The van der Waals surface area contributed by atoms with E-state index < -0.39 is 11.7 Å². The Bertz CT molecular complexity index is 1270. The van der Waals surface area contributed by atoms with Crippen molar-refractivity contribution in [1.29, 1.82) is 0 Å². The molecule has 0 bridgehead atoms. The summed E-state index contributed by atoms with van der Waals surface area (Å²) in [7, 11) is 0. The molecule has 2 N–H and O–H groups in total. The van der Waals surface area contributed by atoms with Gasteiger partial charge in [-0.3, -0.25) is 5.10 Å². The van der Waals surface area contributed by atoms with Crippen LogP contribution in [0.15, 0.2) is 54.6 Å². The van der Waals surface area contributed by atoms with E-state index in [1.807, 2.05) is 6.07 Å². The van der Waals surface area contributed by atoms with Gasteiger partial charge in [0.05, 0.1) is 17.0 Å². The number of aromatic hydroxyl groups is 1. The van der Waals surface area contributed by atoms with Crippen LogP contribution in [-0.2, 0) is 19.0 Å². The summed E-state index contributed by atoms with van der Waals surface area (Å²) in [5.41, 5.74) is 2.31. The summed E-state index contributed by atoms with van der Waals surface area (Å²) < 4.78 is 53.6. The van der Waals surface area contributed by atoms with E-state index in [1.165, 1.54) is 28.9 Å². The summed E-state index contributed by atoms with van der Waals surface area (Å²) >= 11 is 0. The summed E-state index contributed by atoms with van der Waals surface area (Å²) in [6, 6.07) is 12.5. The van der Waals surface area contributed by atoms with Gasteiger partial charge >= 0.3 is 6.18 Å². The van der Waals surface area contributed by atoms with Crippen molar-refractivity contribution in [3.63, 3.8) is 0 Å². The van der Waals surface area contributed by atoms with Crippen LogP contribution in [0.1, 0.15) is 41.1 Å². The number of H-pyrrole nitrogens is 1. The first kappa shape index (κ1) is 21.2. The van der Waals surface area contributed by atoms with Crippen molar-refractivity contribution in [3.05, 3.63) is 82.8 Å². The minimum Gasteiger partial charge on any atom is -0.493 e. The summed E-state index contributed by atoms with van der Waals surface area (Å²) in [5.74, 6) is 0.430. The molecule has 0 unspecified atom stereocenters. The minimum absolute atomic E-state index is 0.113. The number of nitrogens with zero attached hydrogens (tertiary/aromatic N) is 3. The van der Waals surface area contributed by atoms with E-state index in [9.17, 15) is 22.7 Å². The Morgan fingerprint density at radius 1 is 1.00 bits per heavy atom. The van der Waals surface area contributed by atoms with Crippen LogP contribution in [0, 0.1) is 5.82 Å². The van der Waals surface area contributed by atoms with Gasteiger partial charge in [-0.1, -0.05) is 24.3 Å². The fraction of sp³-hybridized carbons (Fsp3) is 0.250. The first-order chi connectivity index (χ1) is 15.8. The van der Waals surface area contributed by atoms with Crippen LogP contribution in [0.5, 0.6) is 5.88 Å². The molecule has 1 saturated carbocycles. The van der Waals surface area contributed by atoms with E-state index in [2.05, 4.69) is 15.3 Å². The van der Waals surface area contributed by atoms with Gasteiger partial charge < -0.3 is 5.11 Å². The van der Waals surface area contributed by atoms with Crippen molar-refractivity contribution in [2.24, 2.45) is 0 Å². The van der Waals surface area contributed by atoms with Gasteiger partial charge in [0.15, 0.2) is 5.82 Å². The highest BCUT2D eigenvalue weighted by Crippen LogP contribution is 2.40. The maximum Gasteiger partial charge on any atom is 0.416 e. The van der Waals surface area contributed by atoms with Crippen LogP contribution in [0.4, 0.5) is 17.6 Å². The van der Waals surface area contributed by atoms with Gasteiger partial charge in [0.2, 0.25) is 5.88 Å². The van der Waals surface area contributed by atoms with Crippen LogP contribution in [0.2, 0.25) is 0 Å². The van der Waals surface area contributed by atoms with Crippen molar-refractivity contribution in [2.75, 3.05) is 0 Å². The Balaban J connectivity index is 1.52. The maximum atomic E-state index is 13.2. The zero-order valence-electron chi connectivity index (χ0n) is 17.4. The predicted molar refractivity (Wildman–Crippen MR) is 114 cm³/mol. The zero-order chi connectivity index (χ0) is 23.2. The van der Waals surface area contributed by atoms with Gasteiger partial charge in [-0.15, -0.1) is 0 Å². The minimum atomic E-state index is -4.44. The van der Waals surface area contributed by atoms with E-state index >= 15 is 0 Å². The van der Waals surface area contributed by atoms with Gasteiger partial charge in [0.25, 0.3) is 0 Å². The number of aryl methyl sites for hydroxylation is 1. The van der Waals surface area contributed by atoms with Crippen molar-refractivity contribution >= 4 is 0 Å². The first-order valence-electron chi connectivity index (χ1n) is 10.6. The molecule has 0 aliphatic heterocycles. The Morgan fingerprint density at radius 2 is 1.70 bits per heavy atom. The summed E-state index contributed by atoms with van der Waals surface area (Å²) in [4.78, 5) is 0. The number of hydrogen-bond donors (Lipinski definition) is 2. The molecule has 1 fully saturated rings. The molecule has 1 aliphatic rings. The molecule has 4 aromatic rings. The fourth-order valence-electron chi connectivity index (χ4n) is 3.83. The van der Waals surface area contributed by atoms with E-state index in [-0.39, 0.29) is 11.7 Å². The largest absolute Gasteiger partial charge is 0.493 e. The summed E-state index contributed by atoms with van der Waals surface area (Å²) in [6.07, 6.45) is -1.47. The smallest absolute Gasteiger partial charge is 0.416 e. The first-order valence-corrected chi connectivity index (χ1v) is 10.6. The third kappa shape index (κ3) is 4.35. The highest BCUT2D eigenvalue weighted by molar-refractivity contribution is 5.66. The molecule has 2 aromatic carbocycles. The second kappa shape index (κ2) is 8.06. The molecule has 0 radical (unpaired) electrons. The van der Waals surface area contributed by atoms with Gasteiger partial charge in [0.1, 0.15) is 5.82 Å². The number of alkyl halides is 3. The normalized spacial score (nSPS) is 14.1. The molecular weight excluding hydrogens is 436 g/mol. The third-order valence-electron chi connectivity index (χ3n) is 5.83. The Kier molecular flexibility index (Phi) is 5.19. The second-order valence-corrected chi connectivity index (χ2v) is 8.22. The third-order valence-corrected chi connectivity index (χ3v) is 5.83. The number of hydrogen-bond acceptors (Lipinski definition) is 3. The molecule has 0 amide bonds. The van der Waals surface area contributed by atoms with Crippen LogP contribution in [-0.4, -0.2) is 25.1 Å². The lowest BCUT2D eigenvalue weighted by molar-refractivity contribution is -0.137. The molecule has 2 heterocycles. The van der Waals surface area contributed by atoms with Crippen LogP contribution < -0.4 is 0 Å². The average molecular weight is 456 g/mol. The van der Waals surface area contributed by atoms with Crippen LogP contribution >= 0.6 is 0 Å². The lowest BCUT2D eigenvalue weighted by Crippen LogP contribution is -2.04. The molecule has 9 heteroatoms. The fourth-order valence-corrected chi connectivity index (χ4v) is 3.83. The van der Waals surface area contributed by atoms with E-state index in [1.54, 1.807) is 12.1 Å². The molecular formula is C24H20F4N4O. The number of rotatable bonds is 6. The van der Waals surface area contributed by atoms with E-state index in [4.69, 9.17) is 0 Å². The molecule has 5 rings (SSSR count). The van der Waals surface area contributed by atoms with Crippen molar-refractivity contribution < 1.29 is 22.7 Å². The van der Waals surface area contributed by atoms with Crippen molar-refractivity contribution in [3.8, 4) is 23.0 Å². The summed E-state index contributed by atoms with van der Waals surface area (Å²) in [5, 5.41) is 22.7. The lowest BCUT2D eigenvalue weighted by atomic mass is 10.0. The van der Waals surface area contributed by atoms with E-state index in [0.29, 0.717) is 41.4 Å². The Morgan fingerprint density at radius 3 is 2.33 bits per heavy atom. The maximum absolute atomic E-state index is 13.2.